The van der Waals surface area contributed by atoms with E-state index < -0.39 is 6.17 Å². The summed E-state index contributed by atoms with van der Waals surface area (Å²) >= 11 is 8.46. The third-order valence-corrected chi connectivity index (χ3v) is 6.40. The molecule has 1 heterocycles. The Labute approximate surface area is 172 Å². The van der Waals surface area contributed by atoms with Crippen LogP contribution >= 0.6 is 35.3 Å². The van der Waals surface area contributed by atoms with Gasteiger partial charge in [-0.1, -0.05) is 44.8 Å². The van der Waals surface area contributed by atoms with Crippen LogP contribution < -0.4 is 16.0 Å². The van der Waals surface area contributed by atoms with Gasteiger partial charge in [-0.05, 0) is 24.6 Å². The van der Waals surface area contributed by atoms with E-state index >= 15 is 0 Å². The minimum absolute atomic E-state index is 0.0145. The fourth-order valence-corrected chi connectivity index (χ4v) is 4.34. The fraction of sp³-hybridized carbons (Fsp3) is 0.444. The number of thioether (sulfide) groups is 1. The number of aryl methyl sites for hydroxylation is 1. The number of amides is 2. The molecule has 1 unspecified atom stereocenters. The smallest absolute Gasteiger partial charge is 0.218 e. The van der Waals surface area contributed by atoms with Gasteiger partial charge in [-0.25, -0.2) is 4.98 Å². The highest BCUT2D eigenvalue weighted by Gasteiger charge is 2.19. The Balaban J connectivity index is 2.08. The van der Waals surface area contributed by atoms with Gasteiger partial charge in [-0.3, -0.25) is 9.59 Å². The van der Waals surface area contributed by atoms with Gasteiger partial charge in [0.05, 0.1) is 15.2 Å². The lowest BCUT2D eigenvalue weighted by atomic mass is 9.98. The van der Waals surface area contributed by atoms with Gasteiger partial charge in [0.15, 0.2) is 0 Å². The largest absolute Gasteiger partial charge is 0.341 e. The molecule has 3 N–H and O–H groups in total. The lowest BCUT2D eigenvalue weighted by Crippen LogP contribution is -2.46. The number of hydrogen-bond acceptors (Lipinski definition) is 6. The first-order valence-corrected chi connectivity index (χ1v) is 10.6. The van der Waals surface area contributed by atoms with Gasteiger partial charge in [0.2, 0.25) is 12.3 Å². The quantitative estimate of drug-likeness (QED) is 0.374. The molecule has 0 bridgehead atoms. The molecule has 9 heteroatoms. The van der Waals surface area contributed by atoms with Gasteiger partial charge in [-0.15, -0.1) is 11.3 Å². The Bertz CT molecular complexity index is 858. The molecule has 0 spiro atoms. The predicted octanol–water partition coefficient (Wildman–Crippen LogP) is 3.54. The molecule has 0 radical (unpaired) electrons. The summed E-state index contributed by atoms with van der Waals surface area (Å²) in [4.78, 5) is 26.6. The number of anilines is 1. The number of thiazole rings is 1. The highest BCUT2D eigenvalue weighted by Crippen LogP contribution is 2.34. The molecule has 1 aromatic carbocycles. The number of fused-ring (bicyclic) bond motifs is 1. The summed E-state index contributed by atoms with van der Waals surface area (Å²) in [6.45, 7) is 9.88. The maximum Gasteiger partial charge on any atom is 0.218 e. The van der Waals surface area contributed by atoms with E-state index in [0.717, 1.165) is 26.5 Å². The Morgan fingerprint density at radius 2 is 2.11 bits per heavy atom. The molecule has 0 aliphatic heterocycles. The fourth-order valence-electron chi connectivity index (χ4n) is 2.30. The van der Waals surface area contributed by atoms with Crippen LogP contribution in [0.5, 0.6) is 0 Å². The van der Waals surface area contributed by atoms with Crippen molar-refractivity contribution in [1.29, 1.82) is 0 Å². The summed E-state index contributed by atoms with van der Waals surface area (Å²) < 4.78 is 1.68. The van der Waals surface area contributed by atoms with Crippen LogP contribution in [0.25, 0.3) is 10.2 Å². The van der Waals surface area contributed by atoms with Crippen molar-refractivity contribution in [3.63, 3.8) is 0 Å². The molecule has 27 heavy (non-hydrogen) atoms. The molecular weight excluding hydrogens is 400 g/mol. The first-order chi connectivity index (χ1) is 12.6. The van der Waals surface area contributed by atoms with Crippen LogP contribution in [0.15, 0.2) is 12.1 Å². The van der Waals surface area contributed by atoms with Crippen LogP contribution in [0.2, 0.25) is 0 Å². The number of carbonyl (C=O) groups excluding carboxylic acids is 2. The SMILES string of the molecule is CC(=O)NC(CSC(=S)Nc1cc2sc(C(C)(C)C)nc2cc1C)NC=O. The number of hydrogen-bond donors (Lipinski definition) is 3. The van der Waals surface area contributed by atoms with Crippen molar-refractivity contribution in [2.24, 2.45) is 0 Å². The molecule has 2 aromatic rings. The topological polar surface area (TPSA) is 83.1 Å². The third-order valence-electron chi connectivity index (χ3n) is 3.64. The number of nitrogens with one attached hydrogen (secondary N) is 3. The number of nitrogens with zero attached hydrogens (tertiary/aromatic N) is 1. The van der Waals surface area contributed by atoms with Gasteiger partial charge in [0.1, 0.15) is 10.5 Å². The Morgan fingerprint density at radius 1 is 1.41 bits per heavy atom. The monoisotopic (exact) mass is 424 g/mol. The molecule has 2 amide bonds. The normalized spacial score (nSPS) is 12.5. The zero-order chi connectivity index (χ0) is 20.2. The molecule has 2 rings (SSSR count). The van der Waals surface area contributed by atoms with E-state index in [0.29, 0.717) is 16.5 Å². The average Bonchev–Trinajstić information content (AvgIpc) is 2.95. The van der Waals surface area contributed by atoms with E-state index in [1.165, 1.54) is 18.7 Å². The van der Waals surface area contributed by atoms with Crippen LogP contribution in [0.3, 0.4) is 0 Å². The van der Waals surface area contributed by atoms with Crippen LogP contribution in [0.4, 0.5) is 5.69 Å². The standard InChI is InChI=1S/C18H24N4O2S3/c1-10-6-13-14(27-16(21-13)18(3,4)5)7-12(10)22-17(25)26-8-15(19-9-23)20-11(2)24/h6-7,9,15H,8H2,1-5H3,(H,19,23)(H,20,24)(H,22,25). The van der Waals surface area contributed by atoms with Gasteiger partial charge < -0.3 is 16.0 Å². The zero-order valence-corrected chi connectivity index (χ0v) is 18.5. The van der Waals surface area contributed by atoms with Gasteiger partial charge in [0, 0.05) is 23.8 Å². The lowest BCUT2D eigenvalue weighted by Gasteiger charge is -2.17. The second-order valence-electron chi connectivity index (χ2n) is 7.16. The molecule has 0 fully saturated rings. The van der Waals surface area contributed by atoms with E-state index in [1.54, 1.807) is 11.3 Å². The molecule has 6 nitrogen and oxygen atoms in total. The lowest BCUT2D eigenvalue weighted by molar-refractivity contribution is -0.120. The summed E-state index contributed by atoms with van der Waals surface area (Å²) in [6, 6.07) is 4.13. The first-order valence-electron chi connectivity index (χ1n) is 8.42. The van der Waals surface area contributed by atoms with E-state index in [2.05, 4.69) is 48.9 Å². The van der Waals surface area contributed by atoms with Crippen molar-refractivity contribution in [2.45, 2.75) is 46.2 Å². The highest BCUT2D eigenvalue weighted by molar-refractivity contribution is 8.23. The van der Waals surface area contributed by atoms with Crippen molar-refractivity contribution in [3.8, 4) is 0 Å². The van der Waals surface area contributed by atoms with E-state index in [9.17, 15) is 9.59 Å². The molecule has 0 aliphatic carbocycles. The van der Waals surface area contributed by atoms with Crippen molar-refractivity contribution < 1.29 is 9.59 Å². The summed E-state index contributed by atoms with van der Waals surface area (Å²) in [5.41, 5.74) is 3.00. The Morgan fingerprint density at radius 3 is 2.70 bits per heavy atom. The molecular formula is C18H24N4O2S3. The molecule has 0 aliphatic rings. The van der Waals surface area contributed by atoms with Crippen LogP contribution in [0, 0.1) is 6.92 Å². The van der Waals surface area contributed by atoms with Crippen molar-refractivity contribution >= 4 is 67.9 Å². The maximum atomic E-state index is 11.2. The molecule has 146 valence electrons. The summed E-state index contributed by atoms with van der Waals surface area (Å²) in [7, 11) is 0. The molecule has 1 atom stereocenters. The van der Waals surface area contributed by atoms with Gasteiger partial charge >= 0.3 is 0 Å². The van der Waals surface area contributed by atoms with Crippen molar-refractivity contribution in [1.82, 2.24) is 15.6 Å². The number of aromatic nitrogens is 1. The first kappa shape index (κ1) is 21.6. The summed E-state index contributed by atoms with van der Waals surface area (Å²) in [5.74, 6) is 0.218. The summed E-state index contributed by atoms with van der Waals surface area (Å²) in [5, 5.41) is 9.56. The minimum Gasteiger partial charge on any atom is -0.341 e. The number of benzene rings is 1. The maximum absolute atomic E-state index is 11.2. The van der Waals surface area contributed by atoms with Crippen molar-refractivity contribution in [2.75, 3.05) is 11.1 Å². The molecule has 0 saturated carbocycles. The highest BCUT2D eigenvalue weighted by atomic mass is 32.2. The molecule has 0 saturated heterocycles. The van der Waals surface area contributed by atoms with Crippen LogP contribution in [0.1, 0.15) is 38.3 Å². The van der Waals surface area contributed by atoms with Crippen LogP contribution in [-0.2, 0) is 15.0 Å². The number of carbonyl (C=O) groups is 2. The van der Waals surface area contributed by atoms with Crippen molar-refractivity contribution in [3.05, 3.63) is 22.7 Å². The summed E-state index contributed by atoms with van der Waals surface area (Å²) in [6.07, 6.45) is 0.0935. The van der Waals surface area contributed by atoms with Crippen LogP contribution in [-0.4, -0.2) is 33.5 Å². The van der Waals surface area contributed by atoms with Gasteiger partial charge in [-0.2, -0.15) is 0 Å². The number of thiocarbonyl (C=S) groups is 1. The number of rotatable bonds is 6. The Kier molecular flexibility index (Phi) is 7.19. The predicted molar refractivity (Wildman–Crippen MR) is 119 cm³/mol. The molecule has 1 aromatic heterocycles. The Hall–Kier alpha value is -1.71. The average molecular weight is 425 g/mol. The van der Waals surface area contributed by atoms with E-state index in [-0.39, 0.29) is 11.3 Å². The van der Waals surface area contributed by atoms with Gasteiger partial charge in [0.25, 0.3) is 0 Å². The van der Waals surface area contributed by atoms with E-state index in [1.807, 2.05) is 6.92 Å². The second-order valence-corrected chi connectivity index (χ2v) is 9.89. The minimum atomic E-state index is -0.468. The third kappa shape index (κ3) is 6.15. The second kappa shape index (κ2) is 8.99. The van der Waals surface area contributed by atoms with E-state index in [4.69, 9.17) is 17.2 Å². The zero-order valence-electron chi connectivity index (χ0n) is 16.0.